The molecule has 0 fully saturated rings. The molecule has 0 aliphatic heterocycles. The number of amides is 2. The van der Waals surface area contributed by atoms with E-state index in [4.69, 9.17) is 9.52 Å². The van der Waals surface area contributed by atoms with Gasteiger partial charge in [-0.1, -0.05) is 6.07 Å². The van der Waals surface area contributed by atoms with Gasteiger partial charge in [-0.25, -0.2) is 9.59 Å². The average Bonchev–Trinajstić information content (AvgIpc) is 2.93. The highest BCUT2D eigenvalue weighted by atomic mass is 16.4. The molecule has 0 radical (unpaired) electrons. The van der Waals surface area contributed by atoms with Crippen molar-refractivity contribution in [2.75, 3.05) is 12.4 Å². The lowest BCUT2D eigenvalue weighted by Crippen LogP contribution is -2.31. The summed E-state index contributed by atoms with van der Waals surface area (Å²) in [7, 11) is 1.63. The monoisotopic (exact) mass is 288 g/mol. The van der Waals surface area contributed by atoms with E-state index in [0.717, 1.165) is 5.56 Å². The first-order chi connectivity index (χ1) is 9.97. The lowest BCUT2D eigenvalue weighted by atomic mass is 10.1. The topological polar surface area (TPSA) is 82.8 Å². The molecular weight excluding hydrogens is 272 g/mol. The number of benzene rings is 1. The first-order valence-corrected chi connectivity index (χ1v) is 6.36. The number of hydrogen-bond acceptors (Lipinski definition) is 3. The number of anilines is 1. The van der Waals surface area contributed by atoms with Crippen LogP contribution in [0.1, 0.15) is 21.7 Å². The molecule has 0 atom stereocenters. The quantitative estimate of drug-likeness (QED) is 0.906. The number of aryl methyl sites for hydroxylation is 1. The van der Waals surface area contributed by atoms with Crippen LogP contribution in [-0.2, 0) is 6.54 Å². The molecule has 2 rings (SSSR count). The number of nitrogens with one attached hydrogen (secondary N) is 1. The summed E-state index contributed by atoms with van der Waals surface area (Å²) in [4.78, 5) is 24.5. The minimum atomic E-state index is -1.03. The molecule has 110 valence electrons. The van der Waals surface area contributed by atoms with Gasteiger partial charge in [0.15, 0.2) is 0 Å². The Morgan fingerprint density at radius 1 is 1.33 bits per heavy atom. The Balaban J connectivity index is 2.08. The second-order valence-corrected chi connectivity index (χ2v) is 4.70. The largest absolute Gasteiger partial charge is 0.478 e. The van der Waals surface area contributed by atoms with Crippen molar-refractivity contribution in [2.45, 2.75) is 13.5 Å². The van der Waals surface area contributed by atoms with E-state index in [1.807, 2.05) is 0 Å². The smallest absolute Gasteiger partial charge is 0.335 e. The SMILES string of the molecule is Cc1ccc(C(=O)O)cc1NC(=O)N(C)Cc1ccco1. The van der Waals surface area contributed by atoms with E-state index in [1.165, 1.54) is 17.0 Å². The molecule has 2 aromatic rings. The molecule has 0 aliphatic carbocycles. The standard InChI is InChI=1S/C15H16N2O4/c1-10-5-6-11(14(18)19)8-13(10)16-15(20)17(2)9-12-4-3-7-21-12/h3-8H,9H2,1-2H3,(H,16,20)(H,18,19). The normalized spacial score (nSPS) is 10.2. The predicted octanol–water partition coefficient (Wildman–Crippen LogP) is 2.95. The van der Waals surface area contributed by atoms with Gasteiger partial charge < -0.3 is 19.7 Å². The van der Waals surface area contributed by atoms with E-state index >= 15 is 0 Å². The van der Waals surface area contributed by atoms with Crippen LogP contribution in [0.25, 0.3) is 0 Å². The second kappa shape index (κ2) is 6.13. The zero-order chi connectivity index (χ0) is 15.4. The number of urea groups is 1. The summed E-state index contributed by atoms with van der Waals surface area (Å²) < 4.78 is 5.18. The molecule has 0 unspecified atom stereocenters. The Morgan fingerprint density at radius 2 is 2.10 bits per heavy atom. The fourth-order valence-electron chi connectivity index (χ4n) is 1.81. The predicted molar refractivity (Wildman–Crippen MR) is 77.3 cm³/mol. The number of rotatable bonds is 4. The average molecular weight is 288 g/mol. The second-order valence-electron chi connectivity index (χ2n) is 4.70. The van der Waals surface area contributed by atoms with Crippen molar-refractivity contribution >= 4 is 17.7 Å². The maximum Gasteiger partial charge on any atom is 0.335 e. The Bertz CT molecular complexity index is 650. The molecular formula is C15H16N2O4. The van der Waals surface area contributed by atoms with Crippen LogP contribution < -0.4 is 5.32 Å². The summed E-state index contributed by atoms with van der Waals surface area (Å²) in [5.74, 6) is -0.363. The lowest BCUT2D eigenvalue weighted by molar-refractivity contribution is 0.0697. The molecule has 1 heterocycles. The highest BCUT2D eigenvalue weighted by Gasteiger charge is 2.13. The number of furan rings is 1. The maximum absolute atomic E-state index is 12.1. The van der Waals surface area contributed by atoms with E-state index in [0.29, 0.717) is 18.0 Å². The molecule has 21 heavy (non-hydrogen) atoms. The van der Waals surface area contributed by atoms with Crippen LogP contribution in [0.4, 0.5) is 10.5 Å². The molecule has 6 heteroatoms. The van der Waals surface area contributed by atoms with Gasteiger partial charge in [0.1, 0.15) is 5.76 Å². The summed E-state index contributed by atoms with van der Waals surface area (Å²) in [5.41, 5.74) is 1.40. The van der Waals surface area contributed by atoms with Gasteiger partial charge in [0.25, 0.3) is 0 Å². The fourth-order valence-corrected chi connectivity index (χ4v) is 1.81. The number of carboxylic acids is 1. The van der Waals surface area contributed by atoms with Crippen molar-refractivity contribution in [2.24, 2.45) is 0 Å². The van der Waals surface area contributed by atoms with Gasteiger partial charge in [0.05, 0.1) is 18.4 Å². The minimum absolute atomic E-state index is 0.129. The minimum Gasteiger partial charge on any atom is -0.478 e. The van der Waals surface area contributed by atoms with Crippen LogP contribution >= 0.6 is 0 Å². The van der Waals surface area contributed by atoms with E-state index in [2.05, 4.69) is 5.32 Å². The Kier molecular flexibility index (Phi) is 4.27. The number of carboxylic acid groups (broad SMARTS) is 1. The van der Waals surface area contributed by atoms with Crippen LogP contribution in [0, 0.1) is 6.92 Å². The summed E-state index contributed by atoms with van der Waals surface area (Å²) in [6, 6.07) is 7.79. The third kappa shape index (κ3) is 3.62. The fraction of sp³-hybridized carbons (Fsp3) is 0.200. The molecule has 0 bridgehead atoms. The summed E-state index contributed by atoms with van der Waals surface area (Å²) in [6.45, 7) is 2.13. The van der Waals surface area contributed by atoms with Crippen molar-refractivity contribution in [3.8, 4) is 0 Å². The number of hydrogen-bond donors (Lipinski definition) is 2. The van der Waals surface area contributed by atoms with Crippen LogP contribution in [0.2, 0.25) is 0 Å². The van der Waals surface area contributed by atoms with Crippen molar-refractivity contribution in [1.29, 1.82) is 0 Å². The van der Waals surface area contributed by atoms with Gasteiger partial charge in [-0.3, -0.25) is 0 Å². The van der Waals surface area contributed by atoms with Gasteiger partial charge in [-0.05, 0) is 36.8 Å². The Hall–Kier alpha value is -2.76. The van der Waals surface area contributed by atoms with Crippen molar-refractivity contribution in [1.82, 2.24) is 4.90 Å². The van der Waals surface area contributed by atoms with Gasteiger partial charge in [0, 0.05) is 12.7 Å². The highest BCUT2D eigenvalue weighted by Crippen LogP contribution is 2.18. The number of nitrogens with zero attached hydrogens (tertiary/aromatic N) is 1. The van der Waals surface area contributed by atoms with Crippen molar-refractivity contribution in [3.05, 3.63) is 53.5 Å². The lowest BCUT2D eigenvalue weighted by Gasteiger charge is -2.18. The van der Waals surface area contributed by atoms with Crippen LogP contribution in [0.15, 0.2) is 41.0 Å². The van der Waals surface area contributed by atoms with Crippen molar-refractivity contribution < 1.29 is 19.1 Å². The van der Waals surface area contributed by atoms with E-state index in [-0.39, 0.29) is 11.6 Å². The van der Waals surface area contributed by atoms with Crippen LogP contribution in [0.5, 0.6) is 0 Å². The summed E-state index contributed by atoms with van der Waals surface area (Å²) in [5, 5.41) is 11.7. The molecule has 6 nitrogen and oxygen atoms in total. The molecule has 1 aromatic carbocycles. The highest BCUT2D eigenvalue weighted by molar-refractivity contribution is 5.93. The molecule has 2 N–H and O–H groups in total. The van der Waals surface area contributed by atoms with Crippen molar-refractivity contribution in [3.63, 3.8) is 0 Å². The Labute approximate surface area is 122 Å². The van der Waals surface area contributed by atoms with Crippen LogP contribution in [-0.4, -0.2) is 29.1 Å². The van der Waals surface area contributed by atoms with E-state index < -0.39 is 5.97 Å². The summed E-state index contributed by atoms with van der Waals surface area (Å²) in [6.07, 6.45) is 1.54. The zero-order valence-corrected chi connectivity index (χ0v) is 11.8. The molecule has 0 saturated carbocycles. The van der Waals surface area contributed by atoms with Gasteiger partial charge in [-0.2, -0.15) is 0 Å². The third-order valence-electron chi connectivity index (χ3n) is 3.05. The number of carbonyl (C=O) groups is 2. The van der Waals surface area contributed by atoms with Crippen LogP contribution in [0.3, 0.4) is 0 Å². The first-order valence-electron chi connectivity index (χ1n) is 6.36. The molecule has 0 aliphatic rings. The zero-order valence-electron chi connectivity index (χ0n) is 11.8. The summed E-state index contributed by atoms with van der Waals surface area (Å²) >= 11 is 0. The molecule has 1 aromatic heterocycles. The van der Waals surface area contributed by atoms with E-state index in [1.54, 1.807) is 38.4 Å². The maximum atomic E-state index is 12.1. The molecule has 0 spiro atoms. The Morgan fingerprint density at radius 3 is 2.71 bits per heavy atom. The molecule has 0 saturated heterocycles. The molecule has 2 amide bonds. The first kappa shape index (κ1) is 14.6. The van der Waals surface area contributed by atoms with Gasteiger partial charge >= 0.3 is 12.0 Å². The number of aromatic carboxylic acids is 1. The van der Waals surface area contributed by atoms with Gasteiger partial charge in [0.2, 0.25) is 0 Å². The number of carbonyl (C=O) groups excluding carboxylic acids is 1. The third-order valence-corrected chi connectivity index (χ3v) is 3.05. The van der Waals surface area contributed by atoms with Gasteiger partial charge in [-0.15, -0.1) is 0 Å². The van der Waals surface area contributed by atoms with E-state index in [9.17, 15) is 9.59 Å².